The Kier molecular flexibility index (Phi) is 3.12. The van der Waals surface area contributed by atoms with Gasteiger partial charge >= 0.3 is 0 Å². The molecule has 114 valence electrons. The van der Waals surface area contributed by atoms with Crippen LogP contribution in [0.25, 0.3) is 11.1 Å². The summed E-state index contributed by atoms with van der Waals surface area (Å²) in [5, 5.41) is 0. The van der Waals surface area contributed by atoms with Crippen molar-refractivity contribution in [2.24, 2.45) is 0 Å². The van der Waals surface area contributed by atoms with Gasteiger partial charge < -0.3 is 9.47 Å². The molecular formula is C19H21NO2. The van der Waals surface area contributed by atoms with Crippen LogP contribution >= 0.6 is 0 Å². The van der Waals surface area contributed by atoms with Gasteiger partial charge in [-0.05, 0) is 48.2 Å². The Balaban J connectivity index is 2.02. The molecular weight excluding hydrogens is 276 g/mol. The number of hydrogen-bond acceptors (Lipinski definition) is 3. The summed E-state index contributed by atoms with van der Waals surface area (Å²) < 4.78 is 11.2. The highest BCUT2D eigenvalue weighted by Crippen LogP contribution is 2.50. The summed E-state index contributed by atoms with van der Waals surface area (Å²) in [7, 11) is 5.66. The van der Waals surface area contributed by atoms with Gasteiger partial charge in [0.15, 0.2) is 11.5 Å². The second-order valence-electron chi connectivity index (χ2n) is 6.16. The normalized spacial score (nSPS) is 19.3. The highest BCUT2D eigenvalue weighted by atomic mass is 16.5. The number of rotatable bonds is 2. The molecule has 2 aromatic rings. The quantitative estimate of drug-likeness (QED) is 0.847. The summed E-state index contributed by atoms with van der Waals surface area (Å²) >= 11 is 0. The molecule has 0 spiro atoms. The molecule has 0 aromatic heterocycles. The molecule has 4 rings (SSSR count). The maximum atomic E-state index is 5.71. The van der Waals surface area contributed by atoms with Crippen molar-refractivity contribution < 1.29 is 9.47 Å². The molecule has 0 fully saturated rings. The Morgan fingerprint density at radius 2 is 1.91 bits per heavy atom. The van der Waals surface area contributed by atoms with Crippen LogP contribution in [0.3, 0.4) is 0 Å². The standard InChI is InChI=1S/C19H21NO2/c1-20-10-9-12-5-4-6-14-17(12)15(20)11-13-7-8-16(21-2)19(22-3)18(13)14/h4-8,15H,9-11H2,1-3H3/t15-/m1/s1/i15+2. The minimum absolute atomic E-state index is 0.477. The third-order valence-electron chi connectivity index (χ3n) is 5.11. The number of nitrogens with zero attached hydrogens (tertiary/aromatic N) is 1. The Labute approximate surface area is 131 Å². The minimum Gasteiger partial charge on any atom is -0.493 e. The van der Waals surface area contributed by atoms with Gasteiger partial charge in [0.2, 0.25) is 0 Å². The Morgan fingerprint density at radius 3 is 2.68 bits per heavy atom. The van der Waals surface area contributed by atoms with Crippen LogP contribution in [-0.4, -0.2) is 32.7 Å². The number of likely N-dealkylation sites (N-methyl/N-ethyl adjacent to an activating group) is 1. The maximum Gasteiger partial charge on any atom is 0.168 e. The summed E-state index contributed by atoms with van der Waals surface area (Å²) in [4.78, 5) is 2.48. The largest absolute Gasteiger partial charge is 0.493 e. The lowest BCUT2D eigenvalue weighted by atomic mass is 9.89. The lowest BCUT2D eigenvalue weighted by molar-refractivity contribution is 0.228. The number of hydrogen-bond donors (Lipinski definition) is 0. The molecule has 1 aliphatic carbocycles. The third kappa shape index (κ3) is 1.78. The zero-order valence-electron chi connectivity index (χ0n) is 13.3. The average molecular weight is 297 g/mol. The van der Waals surface area contributed by atoms with Crippen LogP contribution in [-0.2, 0) is 12.8 Å². The number of fused-ring (bicyclic) bond motifs is 2. The van der Waals surface area contributed by atoms with E-state index in [1.165, 1.54) is 27.8 Å². The van der Waals surface area contributed by atoms with Gasteiger partial charge in [0, 0.05) is 18.2 Å². The first-order valence-electron chi connectivity index (χ1n) is 7.81. The Morgan fingerprint density at radius 1 is 1.05 bits per heavy atom. The van der Waals surface area contributed by atoms with E-state index in [-0.39, 0.29) is 0 Å². The van der Waals surface area contributed by atoms with E-state index < -0.39 is 0 Å². The van der Waals surface area contributed by atoms with Crippen molar-refractivity contribution in [1.82, 2.24) is 4.90 Å². The van der Waals surface area contributed by atoms with Crippen LogP contribution in [0.1, 0.15) is 22.7 Å². The van der Waals surface area contributed by atoms with Gasteiger partial charge in [-0.25, -0.2) is 0 Å². The van der Waals surface area contributed by atoms with Crippen molar-refractivity contribution in [2.75, 3.05) is 27.8 Å². The van der Waals surface area contributed by atoms with E-state index in [1.807, 2.05) is 6.07 Å². The molecule has 0 radical (unpaired) electrons. The van der Waals surface area contributed by atoms with Gasteiger partial charge in [0.1, 0.15) is 0 Å². The topological polar surface area (TPSA) is 21.7 Å². The van der Waals surface area contributed by atoms with Gasteiger partial charge in [-0.3, -0.25) is 4.90 Å². The summed E-state index contributed by atoms with van der Waals surface area (Å²) in [5.41, 5.74) is 6.84. The van der Waals surface area contributed by atoms with Gasteiger partial charge in [-0.15, -0.1) is 0 Å². The van der Waals surface area contributed by atoms with Crippen LogP contribution in [0, 0.1) is 0 Å². The minimum atomic E-state index is 0.477. The smallest absolute Gasteiger partial charge is 0.168 e. The van der Waals surface area contributed by atoms with Crippen molar-refractivity contribution in [3.05, 3.63) is 47.0 Å². The predicted molar refractivity (Wildman–Crippen MR) is 87.8 cm³/mol. The zero-order chi connectivity index (χ0) is 15.3. The van der Waals surface area contributed by atoms with Crippen LogP contribution < -0.4 is 9.47 Å². The Hall–Kier alpha value is -2.00. The van der Waals surface area contributed by atoms with E-state index in [0.29, 0.717) is 6.04 Å². The third-order valence-corrected chi connectivity index (χ3v) is 5.11. The van der Waals surface area contributed by atoms with Crippen LogP contribution in [0.5, 0.6) is 11.5 Å². The first-order valence-corrected chi connectivity index (χ1v) is 7.81. The fraction of sp³-hybridized carbons (Fsp3) is 0.368. The molecule has 1 heterocycles. The summed E-state index contributed by atoms with van der Waals surface area (Å²) in [6.07, 6.45) is 2.16. The number of methoxy groups -OCH3 is 2. The summed E-state index contributed by atoms with van der Waals surface area (Å²) in [6, 6.07) is 11.4. The summed E-state index contributed by atoms with van der Waals surface area (Å²) in [6.45, 7) is 1.13. The van der Waals surface area contributed by atoms with Gasteiger partial charge in [0.05, 0.1) is 14.2 Å². The molecule has 3 nitrogen and oxygen atoms in total. The molecule has 22 heavy (non-hydrogen) atoms. The fourth-order valence-electron chi connectivity index (χ4n) is 4.01. The van der Waals surface area contributed by atoms with Crippen molar-refractivity contribution in [3.8, 4) is 22.6 Å². The van der Waals surface area contributed by atoms with Crippen molar-refractivity contribution in [1.29, 1.82) is 0 Å². The molecule has 3 heteroatoms. The van der Waals surface area contributed by atoms with Crippen molar-refractivity contribution in [2.45, 2.75) is 18.9 Å². The maximum absolute atomic E-state index is 5.71. The second kappa shape index (κ2) is 5.03. The predicted octanol–water partition coefficient (Wildman–Crippen LogP) is 3.46. The molecule has 0 saturated carbocycles. The molecule has 2 aromatic carbocycles. The molecule has 0 amide bonds. The molecule has 1 atom stereocenters. The van der Waals surface area contributed by atoms with E-state index in [9.17, 15) is 0 Å². The summed E-state index contributed by atoms with van der Waals surface area (Å²) in [5.74, 6) is 1.67. The Bertz CT molecular complexity index is 738. The van der Waals surface area contributed by atoms with E-state index in [2.05, 4.69) is 36.2 Å². The second-order valence-corrected chi connectivity index (χ2v) is 6.16. The molecule has 2 aliphatic rings. The molecule has 0 N–H and O–H groups in total. The van der Waals surface area contributed by atoms with E-state index in [0.717, 1.165) is 30.9 Å². The fourth-order valence-corrected chi connectivity index (χ4v) is 4.01. The monoisotopic (exact) mass is 297 g/mol. The van der Waals surface area contributed by atoms with Crippen LogP contribution in [0.4, 0.5) is 0 Å². The first kappa shape index (κ1) is 13.6. The average Bonchev–Trinajstić information content (AvgIpc) is 2.56. The van der Waals surface area contributed by atoms with Crippen LogP contribution in [0.2, 0.25) is 0 Å². The van der Waals surface area contributed by atoms with E-state index in [4.69, 9.17) is 9.47 Å². The highest BCUT2D eigenvalue weighted by molar-refractivity contribution is 5.82. The molecule has 0 bridgehead atoms. The van der Waals surface area contributed by atoms with Gasteiger partial charge in [-0.1, -0.05) is 24.3 Å². The van der Waals surface area contributed by atoms with Crippen molar-refractivity contribution in [3.63, 3.8) is 0 Å². The molecule has 1 aliphatic heterocycles. The lowest BCUT2D eigenvalue weighted by Gasteiger charge is -2.40. The van der Waals surface area contributed by atoms with E-state index in [1.54, 1.807) is 14.2 Å². The number of benzene rings is 2. The van der Waals surface area contributed by atoms with Crippen LogP contribution in [0.15, 0.2) is 30.3 Å². The first-order chi connectivity index (χ1) is 10.7. The van der Waals surface area contributed by atoms with Gasteiger partial charge in [0.25, 0.3) is 0 Å². The lowest BCUT2D eigenvalue weighted by Crippen LogP contribution is -2.35. The van der Waals surface area contributed by atoms with E-state index >= 15 is 0 Å². The zero-order valence-corrected chi connectivity index (χ0v) is 13.3. The van der Waals surface area contributed by atoms with Crippen molar-refractivity contribution >= 4 is 0 Å². The molecule has 0 saturated heterocycles. The number of ether oxygens (including phenoxy) is 2. The highest BCUT2D eigenvalue weighted by Gasteiger charge is 2.34. The molecule has 0 unspecified atom stereocenters. The SMILES string of the molecule is COc1ccc2c(c1OC)-c1cccc3c1[14C@@H](C2)N(C)CC3. The van der Waals surface area contributed by atoms with Gasteiger partial charge in [-0.2, -0.15) is 0 Å².